The molecule has 32 heavy (non-hydrogen) atoms. The molecule has 1 aromatic carbocycles. The molecule has 2 saturated heterocycles. The molecule has 0 aliphatic carbocycles. The molecule has 2 aliphatic rings. The van der Waals surface area contributed by atoms with Crippen LogP contribution in [0.3, 0.4) is 0 Å². The minimum Gasteiger partial charge on any atom is -0.465 e. The van der Waals surface area contributed by atoms with Crippen molar-refractivity contribution in [3.63, 3.8) is 0 Å². The van der Waals surface area contributed by atoms with Gasteiger partial charge in [0.2, 0.25) is 11.8 Å². The predicted octanol–water partition coefficient (Wildman–Crippen LogP) is 0.207. The average molecular weight is 447 g/mol. The second-order valence-electron chi connectivity index (χ2n) is 8.26. The molecule has 2 fully saturated rings. The van der Waals surface area contributed by atoms with Crippen LogP contribution in [0.5, 0.6) is 0 Å². The number of hydrogen-bond donors (Lipinski definition) is 5. The molecule has 3 rings (SSSR count). The lowest BCUT2D eigenvalue weighted by Crippen LogP contribution is -2.57. The first-order chi connectivity index (χ1) is 15.4. The second kappa shape index (κ2) is 10.9. The summed E-state index contributed by atoms with van der Waals surface area (Å²) in [5, 5.41) is 28.2. The molecular formula is C22H30N4O6. The van der Waals surface area contributed by atoms with E-state index in [4.69, 9.17) is 0 Å². The Labute approximate surface area is 186 Å². The van der Waals surface area contributed by atoms with E-state index in [1.165, 1.54) is 0 Å². The van der Waals surface area contributed by atoms with E-state index in [1.54, 1.807) is 0 Å². The fourth-order valence-electron chi connectivity index (χ4n) is 4.23. The van der Waals surface area contributed by atoms with Gasteiger partial charge in [0.1, 0.15) is 6.04 Å². The van der Waals surface area contributed by atoms with Crippen molar-refractivity contribution in [2.75, 3.05) is 13.1 Å². The Balaban J connectivity index is 1.68. The number of aliphatic hydroxyl groups excluding tert-OH is 1. The van der Waals surface area contributed by atoms with E-state index >= 15 is 0 Å². The summed E-state index contributed by atoms with van der Waals surface area (Å²) in [6, 6.07) is 7.27. The molecule has 1 unspecified atom stereocenters. The Morgan fingerprint density at radius 2 is 1.91 bits per heavy atom. The molecule has 10 heteroatoms. The van der Waals surface area contributed by atoms with Crippen LogP contribution in [0.25, 0.3) is 0 Å². The van der Waals surface area contributed by atoms with Gasteiger partial charge < -0.3 is 26.2 Å². The zero-order chi connectivity index (χ0) is 23.1. The molecule has 10 nitrogen and oxygen atoms in total. The van der Waals surface area contributed by atoms with E-state index in [-0.39, 0.29) is 25.4 Å². The first kappa shape index (κ1) is 23.5. The minimum atomic E-state index is -1.59. The smallest absolute Gasteiger partial charge is 0.407 e. The number of amides is 4. The minimum absolute atomic E-state index is 0.0806. The first-order valence-electron chi connectivity index (χ1n) is 10.9. The third-order valence-electron chi connectivity index (χ3n) is 6.04. The van der Waals surface area contributed by atoms with Gasteiger partial charge in [0, 0.05) is 25.6 Å². The first-order valence-corrected chi connectivity index (χ1v) is 10.9. The van der Waals surface area contributed by atoms with Crippen molar-refractivity contribution in [3.8, 4) is 0 Å². The summed E-state index contributed by atoms with van der Waals surface area (Å²) >= 11 is 0. The number of aliphatic hydroxyl groups is 1. The highest BCUT2D eigenvalue weighted by Crippen LogP contribution is 2.21. The molecule has 2 aliphatic heterocycles. The van der Waals surface area contributed by atoms with Crippen LogP contribution in [0.1, 0.15) is 37.7 Å². The largest absolute Gasteiger partial charge is 0.465 e. The lowest BCUT2D eigenvalue weighted by molar-refractivity contribution is -0.135. The van der Waals surface area contributed by atoms with Crippen LogP contribution in [0.2, 0.25) is 0 Å². The number of nitrogens with zero attached hydrogens (tertiary/aromatic N) is 1. The molecule has 5 N–H and O–H groups in total. The predicted molar refractivity (Wildman–Crippen MR) is 114 cm³/mol. The number of benzene rings is 1. The van der Waals surface area contributed by atoms with Gasteiger partial charge >= 0.3 is 6.09 Å². The Morgan fingerprint density at radius 1 is 1.16 bits per heavy atom. The molecule has 0 bridgehead atoms. The molecule has 0 aromatic heterocycles. The maximum Gasteiger partial charge on any atom is 0.407 e. The quantitative estimate of drug-likeness (QED) is 0.385. The number of likely N-dealkylation sites (tertiary alicyclic amines) is 1. The third kappa shape index (κ3) is 5.97. The van der Waals surface area contributed by atoms with Crippen molar-refractivity contribution >= 4 is 23.8 Å². The van der Waals surface area contributed by atoms with Gasteiger partial charge in [-0.15, -0.1) is 0 Å². The SMILES string of the molecule is O=C(NCc1ccccc1)C(O)[C@H](C[C@@H]1CCNC1=O)NC(=O)[C@@H]1CCCCN1C(=O)O. The van der Waals surface area contributed by atoms with E-state index < -0.39 is 42.0 Å². The topological polar surface area (TPSA) is 148 Å². The van der Waals surface area contributed by atoms with Gasteiger partial charge in [-0.25, -0.2) is 4.79 Å². The third-order valence-corrected chi connectivity index (χ3v) is 6.04. The van der Waals surface area contributed by atoms with Crippen LogP contribution in [0.15, 0.2) is 30.3 Å². The maximum atomic E-state index is 12.9. The van der Waals surface area contributed by atoms with Gasteiger partial charge in [0.05, 0.1) is 6.04 Å². The summed E-state index contributed by atoms with van der Waals surface area (Å²) in [7, 11) is 0. The van der Waals surface area contributed by atoms with Gasteiger partial charge in [0.25, 0.3) is 5.91 Å². The monoisotopic (exact) mass is 446 g/mol. The lowest BCUT2D eigenvalue weighted by Gasteiger charge is -2.34. The van der Waals surface area contributed by atoms with E-state index in [1.807, 2.05) is 30.3 Å². The fraction of sp³-hybridized carbons (Fsp3) is 0.545. The van der Waals surface area contributed by atoms with Crippen molar-refractivity contribution in [3.05, 3.63) is 35.9 Å². The van der Waals surface area contributed by atoms with Crippen LogP contribution in [-0.4, -0.2) is 70.2 Å². The number of rotatable bonds is 8. The lowest BCUT2D eigenvalue weighted by atomic mass is 9.93. The Hall–Kier alpha value is -3.14. The number of piperidine rings is 1. The summed E-state index contributed by atoms with van der Waals surface area (Å²) in [6.45, 7) is 0.954. The summed E-state index contributed by atoms with van der Waals surface area (Å²) < 4.78 is 0. The molecule has 0 radical (unpaired) electrons. The van der Waals surface area contributed by atoms with Crippen molar-refractivity contribution in [2.24, 2.45) is 5.92 Å². The van der Waals surface area contributed by atoms with Gasteiger partial charge in [-0.05, 0) is 37.7 Å². The molecule has 1 aromatic rings. The molecule has 0 spiro atoms. The number of carbonyl (C=O) groups is 4. The standard InChI is InChI=1S/C22H30N4O6/c27-18(21(30)24-13-14-6-2-1-3-7-14)16(12-15-9-10-23-19(15)28)25-20(29)17-8-4-5-11-26(17)22(31)32/h1-3,6-7,15-18,27H,4-5,8-13H2,(H,23,28)(H,24,30)(H,25,29)(H,31,32)/t15-,16-,17-,18?/m0/s1. The van der Waals surface area contributed by atoms with Gasteiger partial charge in [-0.2, -0.15) is 0 Å². The van der Waals surface area contributed by atoms with Gasteiger partial charge in [0.15, 0.2) is 6.10 Å². The van der Waals surface area contributed by atoms with E-state index in [0.717, 1.165) is 10.5 Å². The number of hydrogen-bond acceptors (Lipinski definition) is 5. The molecule has 0 saturated carbocycles. The highest BCUT2D eigenvalue weighted by molar-refractivity contribution is 5.88. The van der Waals surface area contributed by atoms with Crippen molar-refractivity contribution in [2.45, 2.75) is 56.8 Å². The zero-order valence-corrected chi connectivity index (χ0v) is 17.8. The Kier molecular flexibility index (Phi) is 8.04. The van der Waals surface area contributed by atoms with E-state index in [2.05, 4.69) is 16.0 Å². The van der Waals surface area contributed by atoms with Crippen molar-refractivity contribution < 1.29 is 29.4 Å². The molecule has 4 amide bonds. The van der Waals surface area contributed by atoms with E-state index in [0.29, 0.717) is 32.2 Å². The second-order valence-corrected chi connectivity index (χ2v) is 8.26. The molecule has 2 heterocycles. The molecular weight excluding hydrogens is 416 g/mol. The number of carboxylic acid groups (broad SMARTS) is 1. The number of carbonyl (C=O) groups excluding carboxylic acids is 3. The van der Waals surface area contributed by atoms with E-state index in [9.17, 15) is 29.4 Å². The summed E-state index contributed by atoms with van der Waals surface area (Å²) in [6.07, 6.45) is -0.406. The van der Waals surface area contributed by atoms with Gasteiger partial charge in [-0.1, -0.05) is 30.3 Å². The maximum absolute atomic E-state index is 12.9. The van der Waals surface area contributed by atoms with Crippen LogP contribution in [-0.2, 0) is 20.9 Å². The molecule has 174 valence electrons. The highest BCUT2D eigenvalue weighted by atomic mass is 16.4. The summed E-state index contributed by atoms with van der Waals surface area (Å²) in [4.78, 5) is 50.2. The Morgan fingerprint density at radius 3 is 2.56 bits per heavy atom. The highest BCUT2D eigenvalue weighted by Gasteiger charge is 2.38. The average Bonchev–Trinajstić information content (AvgIpc) is 3.21. The van der Waals surface area contributed by atoms with Crippen LogP contribution in [0.4, 0.5) is 4.79 Å². The fourth-order valence-corrected chi connectivity index (χ4v) is 4.23. The Bertz CT molecular complexity index is 833. The van der Waals surface area contributed by atoms with Crippen LogP contribution in [0, 0.1) is 5.92 Å². The van der Waals surface area contributed by atoms with Crippen molar-refractivity contribution in [1.29, 1.82) is 0 Å². The summed E-state index contributed by atoms with van der Waals surface area (Å²) in [5.74, 6) is -1.87. The zero-order valence-electron chi connectivity index (χ0n) is 17.8. The normalized spacial score (nSPS) is 22.5. The van der Waals surface area contributed by atoms with Gasteiger partial charge in [-0.3, -0.25) is 19.3 Å². The van der Waals surface area contributed by atoms with Crippen molar-refractivity contribution in [1.82, 2.24) is 20.9 Å². The molecule has 4 atom stereocenters. The van der Waals surface area contributed by atoms with Crippen LogP contribution >= 0.6 is 0 Å². The number of nitrogens with one attached hydrogen (secondary N) is 3. The summed E-state index contributed by atoms with van der Waals surface area (Å²) in [5.41, 5.74) is 0.850. The van der Waals surface area contributed by atoms with Crippen LogP contribution < -0.4 is 16.0 Å².